The van der Waals surface area contributed by atoms with Gasteiger partial charge in [0.15, 0.2) is 0 Å². The number of hydrogen-bond acceptors (Lipinski definition) is 1. The molecule has 0 heterocycles. The highest BCUT2D eigenvalue weighted by Crippen LogP contribution is 2.69. The maximum absolute atomic E-state index is 11.4. The molecular formula is C17H18O2. The van der Waals surface area contributed by atoms with Crippen molar-refractivity contribution in [2.24, 2.45) is 11.3 Å². The molecule has 0 spiro atoms. The van der Waals surface area contributed by atoms with Gasteiger partial charge in [-0.2, -0.15) is 0 Å². The minimum atomic E-state index is -0.694. The summed E-state index contributed by atoms with van der Waals surface area (Å²) in [6, 6.07) is 14.5. The molecule has 0 bridgehead atoms. The second-order valence-electron chi connectivity index (χ2n) is 6.26. The van der Waals surface area contributed by atoms with E-state index in [4.69, 9.17) is 0 Å². The first-order valence-electron chi connectivity index (χ1n) is 6.61. The Morgan fingerprint density at radius 2 is 1.68 bits per heavy atom. The van der Waals surface area contributed by atoms with Gasteiger partial charge in [0, 0.05) is 5.41 Å². The van der Waals surface area contributed by atoms with Gasteiger partial charge >= 0.3 is 5.97 Å². The van der Waals surface area contributed by atoms with E-state index in [0.29, 0.717) is 0 Å². The number of aliphatic carboxylic acids is 1. The topological polar surface area (TPSA) is 37.3 Å². The Kier molecular flexibility index (Phi) is 2.31. The first kappa shape index (κ1) is 12.2. The van der Waals surface area contributed by atoms with Crippen molar-refractivity contribution >= 4 is 16.7 Å². The van der Waals surface area contributed by atoms with Crippen LogP contribution in [-0.4, -0.2) is 11.1 Å². The van der Waals surface area contributed by atoms with Gasteiger partial charge in [-0.3, -0.25) is 4.79 Å². The summed E-state index contributed by atoms with van der Waals surface area (Å²) in [5, 5.41) is 11.8. The maximum Gasteiger partial charge on any atom is 0.307 e. The molecular weight excluding hydrogens is 236 g/mol. The van der Waals surface area contributed by atoms with Gasteiger partial charge in [-0.05, 0) is 21.8 Å². The number of hydrogen-bond donors (Lipinski definition) is 1. The Morgan fingerprint density at radius 3 is 2.26 bits per heavy atom. The quantitative estimate of drug-likeness (QED) is 0.884. The SMILES string of the molecule is CC1(C)C(C(=O)O)C1(C)c1ccc2ccccc2c1. The van der Waals surface area contributed by atoms with E-state index in [0.717, 1.165) is 5.56 Å². The van der Waals surface area contributed by atoms with Gasteiger partial charge in [-0.1, -0.05) is 63.2 Å². The summed E-state index contributed by atoms with van der Waals surface area (Å²) in [5.41, 5.74) is 0.660. The molecule has 0 saturated heterocycles. The lowest BCUT2D eigenvalue weighted by Gasteiger charge is -2.15. The highest BCUT2D eigenvalue weighted by molar-refractivity contribution is 5.85. The van der Waals surface area contributed by atoms with E-state index < -0.39 is 5.97 Å². The van der Waals surface area contributed by atoms with Crippen molar-refractivity contribution in [1.82, 2.24) is 0 Å². The summed E-state index contributed by atoms with van der Waals surface area (Å²) < 4.78 is 0. The van der Waals surface area contributed by atoms with Crippen LogP contribution in [-0.2, 0) is 10.2 Å². The molecule has 2 unspecified atom stereocenters. The van der Waals surface area contributed by atoms with Gasteiger partial charge in [0.25, 0.3) is 0 Å². The molecule has 2 aromatic rings. The summed E-state index contributed by atoms with van der Waals surface area (Å²) in [6.45, 7) is 6.15. The summed E-state index contributed by atoms with van der Waals surface area (Å²) in [5.74, 6) is -0.998. The highest BCUT2D eigenvalue weighted by atomic mass is 16.4. The molecule has 19 heavy (non-hydrogen) atoms. The van der Waals surface area contributed by atoms with Crippen LogP contribution < -0.4 is 0 Å². The molecule has 0 amide bonds. The smallest absolute Gasteiger partial charge is 0.307 e. The number of carboxylic acids is 1. The summed E-state index contributed by atoms with van der Waals surface area (Å²) in [4.78, 5) is 11.4. The van der Waals surface area contributed by atoms with Crippen LogP contribution in [0.1, 0.15) is 26.3 Å². The van der Waals surface area contributed by atoms with Gasteiger partial charge in [0.2, 0.25) is 0 Å². The van der Waals surface area contributed by atoms with Crippen molar-refractivity contribution in [1.29, 1.82) is 0 Å². The number of carboxylic acid groups (broad SMARTS) is 1. The molecule has 1 fully saturated rings. The van der Waals surface area contributed by atoms with Crippen LogP contribution in [0.25, 0.3) is 10.8 Å². The second kappa shape index (κ2) is 3.60. The van der Waals surface area contributed by atoms with Gasteiger partial charge in [0.1, 0.15) is 0 Å². The lowest BCUT2D eigenvalue weighted by Crippen LogP contribution is -2.11. The van der Waals surface area contributed by atoms with Crippen LogP contribution in [0.4, 0.5) is 0 Å². The first-order valence-corrected chi connectivity index (χ1v) is 6.61. The molecule has 3 rings (SSSR count). The van der Waals surface area contributed by atoms with Crippen molar-refractivity contribution in [3.63, 3.8) is 0 Å². The Balaban J connectivity index is 2.13. The first-order chi connectivity index (χ1) is 8.89. The summed E-state index contributed by atoms with van der Waals surface area (Å²) in [7, 11) is 0. The van der Waals surface area contributed by atoms with E-state index in [2.05, 4.69) is 37.3 Å². The fourth-order valence-corrected chi connectivity index (χ4v) is 3.59. The van der Waals surface area contributed by atoms with Gasteiger partial charge < -0.3 is 5.11 Å². The third kappa shape index (κ3) is 1.46. The number of fused-ring (bicyclic) bond motifs is 1. The van der Waals surface area contributed by atoms with Crippen LogP contribution in [0.2, 0.25) is 0 Å². The zero-order valence-electron chi connectivity index (χ0n) is 11.5. The van der Waals surface area contributed by atoms with Crippen LogP contribution >= 0.6 is 0 Å². The van der Waals surface area contributed by atoms with Gasteiger partial charge in [-0.25, -0.2) is 0 Å². The molecule has 0 aromatic heterocycles. The molecule has 2 heteroatoms. The fourth-order valence-electron chi connectivity index (χ4n) is 3.59. The zero-order chi connectivity index (χ0) is 13.8. The van der Waals surface area contributed by atoms with Gasteiger partial charge in [0.05, 0.1) is 5.92 Å². The molecule has 0 aliphatic heterocycles. The largest absolute Gasteiger partial charge is 0.481 e. The average molecular weight is 254 g/mol. The van der Waals surface area contributed by atoms with Crippen molar-refractivity contribution < 1.29 is 9.90 Å². The number of rotatable bonds is 2. The lowest BCUT2D eigenvalue weighted by atomic mass is 9.88. The summed E-state index contributed by atoms with van der Waals surface area (Å²) >= 11 is 0. The standard InChI is InChI=1S/C17H18O2/c1-16(2)14(15(18)19)17(16,3)13-9-8-11-6-4-5-7-12(11)10-13/h4-10,14H,1-3H3,(H,18,19). The Labute approximate surface area is 113 Å². The van der Waals surface area contributed by atoms with E-state index in [1.807, 2.05) is 26.0 Å². The molecule has 1 aliphatic rings. The third-order valence-corrected chi connectivity index (χ3v) is 5.15. The Bertz CT molecular complexity index is 672. The van der Waals surface area contributed by atoms with Crippen LogP contribution in [0.15, 0.2) is 42.5 Å². The van der Waals surface area contributed by atoms with E-state index >= 15 is 0 Å². The Morgan fingerprint density at radius 1 is 1.05 bits per heavy atom. The monoisotopic (exact) mass is 254 g/mol. The molecule has 98 valence electrons. The average Bonchev–Trinajstić information content (AvgIpc) is 2.84. The minimum absolute atomic E-state index is 0.193. The van der Waals surface area contributed by atoms with E-state index in [9.17, 15) is 9.90 Å². The Hall–Kier alpha value is -1.83. The molecule has 1 N–H and O–H groups in total. The van der Waals surface area contributed by atoms with E-state index in [1.54, 1.807) is 0 Å². The number of carbonyl (C=O) groups is 1. The highest BCUT2D eigenvalue weighted by Gasteiger charge is 2.72. The predicted molar refractivity (Wildman–Crippen MR) is 76.2 cm³/mol. The molecule has 2 aromatic carbocycles. The molecule has 2 atom stereocenters. The van der Waals surface area contributed by atoms with Crippen LogP contribution in [0.3, 0.4) is 0 Å². The molecule has 0 radical (unpaired) electrons. The minimum Gasteiger partial charge on any atom is -0.481 e. The zero-order valence-corrected chi connectivity index (χ0v) is 11.5. The van der Waals surface area contributed by atoms with Gasteiger partial charge in [-0.15, -0.1) is 0 Å². The number of benzene rings is 2. The normalized spacial score (nSPS) is 28.3. The summed E-state index contributed by atoms with van der Waals surface area (Å²) in [6.07, 6.45) is 0. The van der Waals surface area contributed by atoms with Crippen LogP contribution in [0, 0.1) is 11.3 Å². The van der Waals surface area contributed by atoms with Crippen molar-refractivity contribution in [3.05, 3.63) is 48.0 Å². The maximum atomic E-state index is 11.4. The fraction of sp³-hybridized carbons (Fsp3) is 0.353. The second-order valence-corrected chi connectivity index (χ2v) is 6.26. The molecule has 1 aliphatic carbocycles. The van der Waals surface area contributed by atoms with E-state index in [1.165, 1.54) is 10.8 Å². The molecule has 2 nitrogen and oxygen atoms in total. The molecule has 1 saturated carbocycles. The lowest BCUT2D eigenvalue weighted by molar-refractivity contribution is -0.139. The van der Waals surface area contributed by atoms with Crippen molar-refractivity contribution in [2.45, 2.75) is 26.2 Å². The van der Waals surface area contributed by atoms with Crippen LogP contribution in [0.5, 0.6) is 0 Å². The van der Waals surface area contributed by atoms with E-state index in [-0.39, 0.29) is 16.7 Å². The van der Waals surface area contributed by atoms with Crippen molar-refractivity contribution in [2.75, 3.05) is 0 Å². The predicted octanol–water partition coefficient (Wildman–Crippen LogP) is 3.84. The van der Waals surface area contributed by atoms with Crippen molar-refractivity contribution in [3.8, 4) is 0 Å². The third-order valence-electron chi connectivity index (χ3n) is 5.15.